The van der Waals surface area contributed by atoms with Crippen LogP contribution in [0, 0.1) is 0 Å². The van der Waals surface area contributed by atoms with Crippen LogP contribution >= 0.6 is 11.8 Å². The van der Waals surface area contributed by atoms with Gasteiger partial charge in [-0.15, -0.1) is 0 Å². The summed E-state index contributed by atoms with van der Waals surface area (Å²) in [6.45, 7) is 0.688. The molecule has 1 fully saturated rings. The third-order valence-corrected chi connectivity index (χ3v) is 7.77. The van der Waals surface area contributed by atoms with Crippen LogP contribution in [-0.4, -0.2) is 53.3 Å². The molecular formula is C27H32N2O5S. The average Bonchev–Trinajstić information content (AvgIpc) is 3.16. The van der Waals surface area contributed by atoms with Crippen LogP contribution in [0.5, 0.6) is 0 Å². The Bertz CT molecular complexity index is 1020. The second kappa shape index (κ2) is 11.6. The van der Waals surface area contributed by atoms with E-state index in [1.807, 2.05) is 24.3 Å². The molecule has 0 radical (unpaired) electrons. The number of thioether (sulfide) groups is 1. The van der Waals surface area contributed by atoms with Gasteiger partial charge in [0.15, 0.2) is 0 Å². The number of amides is 2. The molecule has 1 aliphatic carbocycles. The molecule has 35 heavy (non-hydrogen) atoms. The zero-order valence-corrected chi connectivity index (χ0v) is 20.6. The van der Waals surface area contributed by atoms with Crippen molar-refractivity contribution < 1.29 is 24.2 Å². The number of aliphatic carboxylic acids is 1. The predicted molar refractivity (Wildman–Crippen MR) is 137 cm³/mol. The van der Waals surface area contributed by atoms with Crippen molar-refractivity contribution in [1.29, 1.82) is 0 Å². The fourth-order valence-electron chi connectivity index (χ4n) is 5.01. The first kappa shape index (κ1) is 25.1. The molecule has 2 aliphatic rings. The van der Waals surface area contributed by atoms with Crippen molar-refractivity contribution >= 4 is 29.7 Å². The van der Waals surface area contributed by atoms with Crippen molar-refractivity contribution in [2.24, 2.45) is 0 Å². The third kappa shape index (κ3) is 6.36. The van der Waals surface area contributed by atoms with Crippen LogP contribution in [0.25, 0.3) is 11.1 Å². The normalized spacial score (nSPS) is 16.1. The first-order valence-electron chi connectivity index (χ1n) is 12.2. The number of carboxylic acid groups (broad SMARTS) is 1. The predicted octanol–water partition coefficient (Wildman–Crippen LogP) is 4.55. The molecule has 1 aliphatic heterocycles. The van der Waals surface area contributed by atoms with Gasteiger partial charge in [-0.05, 0) is 59.4 Å². The van der Waals surface area contributed by atoms with Crippen molar-refractivity contribution in [3.8, 4) is 11.1 Å². The van der Waals surface area contributed by atoms with E-state index < -0.39 is 17.6 Å². The summed E-state index contributed by atoms with van der Waals surface area (Å²) in [6.07, 6.45) is 2.41. The lowest BCUT2D eigenvalue weighted by atomic mass is 9.88. The largest absolute Gasteiger partial charge is 0.481 e. The van der Waals surface area contributed by atoms with Crippen molar-refractivity contribution in [2.45, 2.75) is 50.0 Å². The lowest BCUT2D eigenvalue weighted by molar-refractivity contribution is -0.139. The molecule has 3 N–H and O–H groups in total. The van der Waals surface area contributed by atoms with E-state index >= 15 is 0 Å². The second-order valence-electron chi connectivity index (χ2n) is 9.22. The molecule has 1 heterocycles. The number of alkyl carbamates (subject to hydrolysis) is 1. The molecule has 0 atom stereocenters. The summed E-state index contributed by atoms with van der Waals surface area (Å²) in [5, 5.41) is 15.0. The quantitative estimate of drug-likeness (QED) is 0.417. The van der Waals surface area contributed by atoms with E-state index in [0.717, 1.165) is 11.5 Å². The fourth-order valence-corrected chi connectivity index (χ4v) is 6.28. The van der Waals surface area contributed by atoms with Gasteiger partial charge >= 0.3 is 12.1 Å². The number of benzene rings is 2. The van der Waals surface area contributed by atoms with Crippen LogP contribution in [0.3, 0.4) is 0 Å². The Morgan fingerprint density at radius 3 is 2.23 bits per heavy atom. The lowest BCUT2D eigenvalue weighted by Gasteiger charge is -2.36. The van der Waals surface area contributed by atoms with Gasteiger partial charge < -0.3 is 20.5 Å². The molecule has 0 unspecified atom stereocenters. The van der Waals surface area contributed by atoms with E-state index in [-0.39, 0.29) is 24.9 Å². The zero-order chi connectivity index (χ0) is 24.7. The number of carbonyl (C=O) groups is 3. The van der Waals surface area contributed by atoms with Crippen LogP contribution < -0.4 is 10.6 Å². The van der Waals surface area contributed by atoms with E-state index in [9.17, 15) is 19.5 Å². The average molecular weight is 497 g/mol. The van der Waals surface area contributed by atoms with Gasteiger partial charge in [0.05, 0.1) is 12.0 Å². The van der Waals surface area contributed by atoms with Crippen LogP contribution in [0.2, 0.25) is 0 Å². The monoisotopic (exact) mass is 496 g/mol. The number of carboxylic acids is 1. The van der Waals surface area contributed by atoms with Crippen molar-refractivity contribution in [1.82, 2.24) is 10.6 Å². The maximum atomic E-state index is 12.4. The number of hydrogen-bond donors (Lipinski definition) is 3. The number of carbonyl (C=O) groups excluding carboxylic acids is 2. The highest BCUT2D eigenvalue weighted by Crippen LogP contribution is 2.44. The van der Waals surface area contributed by atoms with Crippen LogP contribution in [0.4, 0.5) is 4.79 Å². The highest BCUT2D eigenvalue weighted by molar-refractivity contribution is 7.99. The second-order valence-corrected chi connectivity index (χ2v) is 10.4. The Morgan fingerprint density at radius 2 is 1.60 bits per heavy atom. The first-order chi connectivity index (χ1) is 17.0. The lowest BCUT2D eigenvalue weighted by Crippen LogP contribution is -2.52. The molecule has 2 aromatic rings. The molecule has 2 aromatic carbocycles. The van der Waals surface area contributed by atoms with Crippen molar-refractivity contribution in [2.75, 3.05) is 24.7 Å². The highest BCUT2D eigenvalue weighted by atomic mass is 32.2. The van der Waals surface area contributed by atoms with E-state index in [1.165, 1.54) is 22.3 Å². The van der Waals surface area contributed by atoms with E-state index in [4.69, 9.17) is 4.74 Å². The van der Waals surface area contributed by atoms with Crippen LogP contribution in [0.15, 0.2) is 48.5 Å². The summed E-state index contributed by atoms with van der Waals surface area (Å²) in [4.78, 5) is 35.9. The Hall–Kier alpha value is -3.00. The zero-order valence-electron chi connectivity index (χ0n) is 19.8. The maximum absolute atomic E-state index is 12.4. The number of ether oxygens (including phenoxy) is 1. The Labute approximate surface area is 210 Å². The molecule has 0 saturated carbocycles. The smallest absolute Gasteiger partial charge is 0.407 e. The van der Waals surface area contributed by atoms with Gasteiger partial charge in [0.1, 0.15) is 6.61 Å². The molecule has 186 valence electrons. The third-order valence-electron chi connectivity index (χ3n) is 6.79. The number of fused-ring (bicyclic) bond motifs is 3. The molecule has 7 nitrogen and oxygen atoms in total. The van der Waals surface area contributed by atoms with Gasteiger partial charge in [0.25, 0.3) is 0 Å². The van der Waals surface area contributed by atoms with Crippen molar-refractivity contribution in [3.63, 3.8) is 0 Å². The minimum absolute atomic E-state index is 0.0214. The molecular weight excluding hydrogens is 464 g/mol. The summed E-state index contributed by atoms with van der Waals surface area (Å²) in [5.74, 6) is 0.729. The van der Waals surface area contributed by atoms with Gasteiger partial charge in [-0.3, -0.25) is 9.59 Å². The van der Waals surface area contributed by atoms with Crippen molar-refractivity contribution in [3.05, 3.63) is 59.7 Å². The van der Waals surface area contributed by atoms with Gasteiger partial charge in [-0.25, -0.2) is 4.79 Å². The van der Waals surface area contributed by atoms with Gasteiger partial charge in [0, 0.05) is 18.9 Å². The number of nitrogens with one attached hydrogen (secondary N) is 2. The van der Waals surface area contributed by atoms with Gasteiger partial charge in [0.2, 0.25) is 5.91 Å². The first-order valence-corrected chi connectivity index (χ1v) is 13.3. The van der Waals surface area contributed by atoms with Gasteiger partial charge in [-0.1, -0.05) is 48.5 Å². The van der Waals surface area contributed by atoms with E-state index in [2.05, 4.69) is 34.9 Å². The minimum atomic E-state index is -0.885. The summed E-state index contributed by atoms with van der Waals surface area (Å²) >= 11 is 1.79. The Kier molecular flexibility index (Phi) is 8.33. The molecule has 0 spiro atoms. The molecule has 1 saturated heterocycles. The number of rotatable bonds is 10. The summed E-state index contributed by atoms with van der Waals surface area (Å²) in [5.41, 5.74) is 4.09. The van der Waals surface area contributed by atoms with Crippen LogP contribution in [0.1, 0.15) is 55.6 Å². The molecule has 8 heteroatoms. The summed E-state index contributed by atoms with van der Waals surface area (Å²) < 4.78 is 5.53. The Balaban J connectivity index is 1.17. The molecule has 2 amide bonds. The maximum Gasteiger partial charge on any atom is 0.407 e. The summed E-state index contributed by atoms with van der Waals surface area (Å²) in [7, 11) is 0. The fraction of sp³-hybridized carbons (Fsp3) is 0.444. The minimum Gasteiger partial charge on any atom is -0.481 e. The topological polar surface area (TPSA) is 105 Å². The summed E-state index contributed by atoms with van der Waals surface area (Å²) in [6, 6.07) is 16.4. The SMILES string of the molecule is O=C(O)CC1(NC(=O)CCCCNC(=O)OCC2c3ccccc3-c3ccccc32)CCSCC1. The molecule has 0 aromatic heterocycles. The number of hydrogen-bond acceptors (Lipinski definition) is 5. The highest BCUT2D eigenvalue weighted by Gasteiger charge is 2.36. The molecule has 0 bridgehead atoms. The standard InChI is InChI=1S/C27H32N2O5S/c30-24(29-27(17-25(31)32)12-15-35-16-13-27)11-5-6-14-28-26(33)34-18-23-21-9-3-1-7-19(21)20-8-2-4-10-22(20)23/h1-4,7-10,23H,5-6,11-18H2,(H,28,33)(H,29,30)(H,31,32). The molecule has 4 rings (SSSR count). The number of unbranched alkanes of at least 4 members (excludes halogenated alkanes) is 1. The van der Waals surface area contributed by atoms with Crippen LogP contribution in [-0.2, 0) is 14.3 Å². The Morgan fingerprint density at radius 1 is 0.971 bits per heavy atom. The van der Waals surface area contributed by atoms with E-state index in [0.29, 0.717) is 38.6 Å². The van der Waals surface area contributed by atoms with E-state index in [1.54, 1.807) is 11.8 Å². The van der Waals surface area contributed by atoms with Gasteiger partial charge in [-0.2, -0.15) is 11.8 Å².